The zero-order chi connectivity index (χ0) is 14.6. The number of rotatable bonds is 3. The van der Waals surface area contributed by atoms with Crippen LogP contribution in [-0.4, -0.2) is 65.0 Å². The predicted molar refractivity (Wildman–Crippen MR) is 68.7 cm³/mol. The Morgan fingerprint density at radius 3 is 2.16 bits per heavy atom. The molecule has 1 aliphatic rings. The van der Waals surface area contributed by atoms with Gasteiger partial charge in [0.2, 0.25) is 5.91 Å². The lowest BCUT2D eigenvalue weighted by atomic mass is 10.1. The van der Waals surface area contributed by atoms with E-state index in [1.165, 1.54) is 0 Å². The smallest absolute Gasteiger partial charge is 0.324 e. The van der Waals surface area contributed by atoms with Crippen LogP contribution in [0.3, 0.4) is 0 Å². The molecule has 2 N–H and O–H groups in total. The summed E-state index contributed by atoms with van der Waals surface area (Å²) in [5.41, 5.74) is 0. The van der Waals surface area contributed by atoms with Gasteiger partial charge < -0.3 is 10.0 Å². The van der Waals surface area contributed by atoms with Crippen molar-refractivity contribution >= 4 is 17.9 Å². The second-order valence-corrected chi connectivity index (χ2v) is 5.02. The molecule has 1 rings (SSSR count). The van der Waals surface area contributed by atoms with E-state index in [1.54, 1.807) is 4.90 Å². The highest BCUT2D eigenvalue weighted by Crippen LogP contribution is 2.13. The van der Waals surface area contributed by atoms with Gasteiger partial charge in [-0.15, -0.1) is 0 Å². The first kappa shape index (κ1) is 15.4. The molecule has 0 aromatic rings. The lowest BCUT2D eigenvalue weighted by Gasteiger charge is -2.42. The first-order chi connectivity index (χ1) is 8.81. The topological polar surface area (TPSA) is 90.0 Å². The second-order valence-electron chi connectivity index (χ2n) is 5.02. The maximum absolute atomic E-state index is 11.9. The number of carboxylic acid groups (broad SMARTS) is 1. The van der Waals surface area contributed by atoms with E-state index in [2.05, 4.69) is 10.2 Å². The number of piperazine rings is 1. The molecular weight excluding hydrogens is 250 g/mol. The quantitative estimate of drug-likeness (QED) is 0.760. The van der Waals surface area contributed by atoms with Gasteiger partial charge in [-0.2, -0.15) is 0 Å². The average molecular weight is 271 g/mol. The highest BCUT2D eigenvalue weighted by atomic mass is 16.4. The first-order valence-electron chi connectivity index (χ1n) is 6.33. The van der Waals surface area contributed by atoms with Crippen LogP contribution in [0.15, 0.2) is 0 Å². The maximum Gasteiger partial charge on any atom is 0.324 e. The largest absolute Gasteiger partial charge is 0.481 e. The van der Waals surface area contributed by atoms with Crippen LogP contribution in [0.1, 0.15) is 26.7 Å². The summed E-state index contributed by atoms with van der Waals surface area (Å²) in [7, 11) is 2.00. The van der Waals surface area contributed by atoms with Gasteiger partial charge in [-0.05, 0) is 20.9 Å². The van der Waals surface area contributed by atoms with Crippen molar-refractivity contribution in [2.45, 2.75) is 38.8 Å². The SMILES string of the molecule is CC1CN(C(=O)NC(=O)CCC(=O)O)CC(C)N1C. The molecule has 2 atom stereocenters. The van der Waals surface area contributed by atoms with Gasteiger partial charge in [-0.3, -0.25) is 19.8 Å². The number of nitrogens with one attached hydrogen (secondary N) is 1. The summed E-state index contributed by atoms with van der Waals surface area (Å²) >= 11 is 0. The molecular formula is C12H21N3O4. The zero-order valence-corrected chi connectivity index (χ0v) is 11.5. The molecule has 7 nitrogen and oxygen atoms in total. The fraction of sp³-hybridized carbons (Fsp3) is 0.750. The lowest BCUT2D eigenvalue weighted by Crippen LogP contribution is -2.58. The van der Waals surface area contributed by atoms with Crippen molar-refractivity contribution in [2.24, 2.45) is 0 Å². The molecule has 0 bridgehead atoms. The summed E-state index contributed by atoms with van der Waals surface area (Å²) in [4.78, 5) is 37.4. The zero-order valence-electron chi connectivity index (χ0n) is 11.5. The molecule has 1 heterocycles. The number of carbonyl (C=O) groups is 3. The van der Waals surface area contributed by atoms with Crippen molar-refractivity contribution in [3.05, 3.63) is 0 Å². The van der Waals surface area contributed by atoms with E-state index in [9.17, 15) is 14.4 Å². The fourth-order valence-electron chi connectivity index (χ4n) is 2.05. The highest BCUT2D eigenvalue weighted by Gasteiger charge is 2.29. The van der Waals surface area contributed by atoms with Crippen molar-refractivity contribution in [3.63, 3.8) is 0 Å². The number of hydrogen-bond acceptors (Lipinski definition) is 4. The fourth-order valence-corrected chi connectivity index (χ4v) is 2.05. The number of amides is 3. The minimum absolute atomic E-state index is 0.181. The third kappa shape index (κ3) is 4.51. The number of nitrogens with zero attached hydrogens (tertiary/aromatic N) is 2. The van der Waals surface area contributed by atoms with E-state index in [1.807, 2.05) is 20.9 Å². The summed E-state index contributed by atoms with van der Waals surface area (Å²) in [6, 6.07) is 0.00873. The maximum atomic E-state index is 11.9. The minimum atomic E-state index is -1.05. The molecule has 19 heavy (non-hydrogen) atoms. The molecule has 0 radical (unpaired) electrons. The molecule has 0 aromatic carbocycles. The van der Waals surface area contributed by atoms with Crippen molar-refractivity contribution in [1.29, 1.82) is 0 Å². The van der Waals surface area contributed by atoms with Gasteiger partial charge in [-0.1, -0.05) is 0 Å². The van der Waals surface area contributed by atoms with Crippen molar-refractivity contribution in [3.8, 4) is 0 Å². The van der Waals surface area contributed by atoms with Gasteiger partial charge in [-0.25, -0.2) is 4.79 Å². The number of likely N-dealkylation sites (N-methyl/N-ethyl adjacent to an activating group) is 1. The van der Waals surface area contributed by atoms with E-state index in [0.717, 1.165) is 0 Å². The molecule has 3 amide bonds. The molecule has 0 aliphatic carbocycles. The number of carboxylic acids is 1. The van der Waals surface area contributed by atoms with Crippen LogP contribution in [-0.2, 0) is 9.59 Å². The van der Waals surface area contributed by atoms with Crippen molar-refractivity contribution in [2.75, 3.05) is 20.1 Å². The Labute approximate surface area is 112 Å². The van der Waals surface area contributed by atoms with E-state index in [0.29, 0.717) is 13.1 Å². The van der Waals surface area contributed by atoms with Crippen LogP contribution in [0.4, 0.5) is 4.79 Å². The molecule has 108 valence electrons. The van der Waals surface area contributed by atoms with Crippen LogP contribution in [0, 0.1) is 0 Å². The van der Waals surface area contributed by atoms with Crippen LogP contribution in [0.5, 0.6) is 0 Å². The summed E-state index contributed by atoms with van der Waals surface area (Å²) in [6.07, 6.45) is -0.450. The third-order valence-corrected chi connectivity index (χ3v) is 3.46. The normalized spacial score (nSPS) is 24.1. The Balaban J connectivity index is 2.45. The van der Waals surface area contributed by atoms with Crippen LogP contribution < -0.4 is 5.32 Å². The van der Waals surface area contributed by atoms with Gasteiger partial charge >= 0.3 is 12.0 Å². The Kier molecular flexibility index (Phi) is 5.29. The molecule has 0 aromatic heterocycles. The van der Waals surface area contributed by atoms with E-state index in [4.69, 9.17) is 5.11 Å². The molecule has 2 unspecified atom stereocenters. The van der Waals surface area contributed by atoms with Gasteiger partial charge in [0.1, 0.15) is 0 Å². The standard InChI is InChI=1S/C12H21N3O4/c1-8-6-15(7-9(2)14(8)3)12(19)13-10(16)4-5-11(17)18/h8-9H,4-7H2,1-3H3,(H,17,18)(H,13,16,19). The van der Waals surface area contributed by atoms with Gasteiger partial charge in [0.25, 0.3) is 0 Å². The number of aliphatic carboxylic acids is 1. The Hall–Kier alpha value is -1.63. The van der Waals surface area contributed by atoms with Gasteiger partial charge in [0, 0.05) is 31.6 Å². The van der Waals surface area contributed by atoms with Crippen molar-refractivity contribution in [1.82, 2.24) is 15.1 Å². The van der Waals surface area contributed by atoms with Crippen molar-refractivity contribution < 1.29 is 19.5 Å². The van der Waals surface area contributed by atoms with Gasteiger partial charge in [0.15, 0.2) is 0 Å². The monoisotopic (exact) mass is 271 g/mol. The molecule has 7 heteroatoms. The summed E-state index contributed by atoms with van der Waals surface area (Å²) in [5.74, 6) is -1.60. The lowest BCUT2D eigenvalue weighted by molar-refractivity contribution is -0.138. The molecule has 1 saturated heterocycles. The van der Waals surface area contributed by atoms with Crippen LogP contribution >= 0.6 is 0 Å². The first-order valence-corrected chi connectivity index (χ1v) is 6.33. The Bertz CT molecular complexity index is 360. The summed E-state index contributed by atoms with van der Waals surface area (Å²) < 4.78 is 0. The van der Waals surface area contributed by atoms with Crippen LogP contribution in [0.2, 0.25) is 0 Å². The Morgan fingerprint density at radius 1 is 1.16 bits per heavy atom. The molecule has 1 fully saturated rings. The molecule has 1 aliphatic heterocycles. The highest BCUT2D eigenvalue weighted by molar-refractivity contribution is 5.95. The van der Waals surface area contributed by atoms with E-state index >= 15 is 0 Å². The number of imide groups is 1. The predicted octanol–water partition coefficient (Wildman–Crippen LogP) is 0.112. The number of hydrogen-bond donors (Lipinski definition) is 2. The summed E-state index contributed by atoms with van der Waals surface area (Å²) in [6.45, 7) is 5.14. The molecule has 0 saturated carbocycles. The molecule has 0 spiro atoms. The van der Waals surface area contributed by atoms with Crippen LogP contribution in [0.25, 0.3) is 0 Å². The second kappa shape index (κ2) is 6.51. The number of urea groups is 1. The average Bonchev–Trinajstić information content (AvgIpc) is 2.32. The third-order valence-electron chi connectivity index (χ3n) is 3.46. The summed E-state index contributed by atoms with van der Waals surface area (Å²) in [5, 5.41) is 10.7. The number of carbonyl (C=O) groups excluding carboxylic acids is 2. The van der Waals surface area contributed by atoms with E-state index < -0.39 is 17.9 Å². The van der Waals surface area contributed by atoms with Gasteiger partial charge in [0.05, 0.1) is 6.42 Å². The van der Waals surface area contributed by atoms with E-state index in [-0.39, 0.29) is 24.9 Å². The minimum Gasteiger partial charge on any atom is -0.481 e. The Morgan fingerprint density at radius 2 is 1.68 bits per heavy atom.